The molecule has 26 heavy (non-hydrogen) atoms. The summed E-state index contributed by atoms with van der Waals surface area (Å²) in [6.07, 6.45) is -0.790. The standard InChI is InChI=1S/C17H12F2N2O3S2/c18-16(19)25-9-5-6-10-14(7-9)26-17(20-10)21-15(22)13-8-23-11-3-1-2-4-12(11)24-13/h1-7,13,16H,8H2,(H,20,21,22). The predicted octanol–water partition coefficient (Wildman–Crippen LogP) is 4.39. The van der Waals surface area contributed by atoms with Crippen molar-refractivity contribution in [3.8, 4) is 11.5 Å². The summed E-state index contributed by atoms with van der Waals surface area (Å²) in [6.45, 7) is 0.100. The van der Waals surface area contributed by atoms with Gasteiger partial charge < -0.3 is 9.47 Å². The number of ether oxygens (including phenoxy) is 2. The van der Waals surface area contributed by atoms with Crippen LogP contribution in [0.25, 0.3) is 10.2 Å². The number of thiazole rings is 1. The maximum atomic E-state index is 12.5. The lowest BCUT2D eigenvalue weighted by molar-refractivity contribution is -0.125. The second-order valence-corrected chi connectivity index (χ2v) is 7.47. The fraction of sp³-hybridized carbons (Fsp3) is 0.176. The molecule has 4 rings (SSSR count). The zero-order valence-corrected chi connectivity index (χ0v) is 14.8. The first kappa shape index (κ1) is 17.0. The number of benzene rings is 2. The Labute approximate surface area is 155 Å². The van der Waals surface area contributed by atoms with E-state index in [0.29, 0.717) is 38.8 Å². The van der Waals surface area contributed by atoms with Crippen molar-refractivity contribution in [3.63, 3.8) is 0 Å². The quantitative estimate of drug-likeness (QED) is 0.665. The maximum Gasteiger partial charge on any atom is 0.288 e. The van der Waals surface area contributed by atoms with Crippen LogP contribution < -0.4 is 14.8 Å². The van der Waals surface area contributed by atoms with Crippen LogP contribution in [0.3, 0.4) is 0 Å². The predicted molar refractivity (Wildman–Crippen MR) is 96.5 cm³/mol. The number of hydrogen-bond donors (Lipinski definition) is 1. The van der Waals surface area contributed by atoms with Gasteiger partial charge >= 0.3 is 0 Å². The molecule has 1 aliphatic heterocycles. The van der Waals surface area contributed by atoms with Crippen molar-refractivity contribution in [2.24, 2.45) is 0 Å². The van der Waals surface area contributed by atoms with Crippen LogP contribution in [0.2, 0.25) is 0 Å². The highest BCUT2D eigenvalue weighted by Gasteiger charge is 2.28. The lowest BCUT2D eigenvalue weighted by atomic mass is 10.2. The summed E-state index contributed by atoms with van der Waals surface area (Å²) in [7, 11) is 0. The van der Waals surface area contributed by atoms with E-state index in [9.17, 15) is 13.6 Å². The average Bonchev–Trinajstić information content (AvgIpc) is 3.02. The van der Waals surface area contributed by atoms with E-state index in [0.717, 1.165) is 4.70 Å². The minimum atomic E-state index is -2.48. The number of carbonyl (C=O) groups is 1. The third kappa shape index (κ3) is 3.58. The molecule has 9 heteroatoms. The van der Waals surface area contributed by atoms with Crippen molar-refractivity contribution < 1.29 is 23.0 Å². The highest BCUT2D eigenvalue weighted by molar-refractivity contribution is 7.99. The molecule has 0 fully saturated rings. The van der Waals surface area contributed by atoms with Gasteiger partial charge in [0.1, 0.15) is 6.61 Å². The Hall–Kier alpha value is -2.39. The zero-order valence-electron chi connectivity index (χ0n) is 13.1. The molecule has 1 aliphatic rings. The van der Waals surface area contributed by atoms with Crippen LogP contribution >= 0.6 is 23.1 Å². The largest absolute Gasteiger partial charge is 0.485 e. The Bertz CT molecular complexity index is 964. The number of anilines is 1. The van der Waals surface area contributed by atoms with Crippen LogP contribution in [0.1, 0.15) is 0 Å². The summed E-state index contributed by atoms with van der Waals surface area (Å²) >= 11 is 1.69. The normalized spacial score (nSPS) is 16.0. The number of fused-ring (bicyclic) bond motifs is 2. The minimum Gasteiger partial charge on any atom is -0.485 e. The Morgan fingerprint density at radius 1 is 1.27 bits per heavy atom. The molecule has 0 spiro atoms. The lowest BCUT2D eigenvalue weighted by Gasteiger charge is -2.25. The molecular weight excluding hydrogens is 382 g/mol. The van der Waals surface area contributed by atoms with Crippen molar-refractivity contribution in [1.82, 2.24) is 4.98 Å². The van der Waals surface area contributed by atoms with E-state index in [-0.39, 0.29) is 12.5 Å². The van der Waals surface area contributed by atoms with Gasteiger partial charge in [0.25, 0.3) is 11.7 Å². The molecule has 3 aromatic rings. The van der Waals surface area contributed by atoms with Gasteiger partial charge in [-0.3, -0.25) is 10.1 Å². The van der Waals surface area contributed by atoms with Crippen LogP contribution in [0.4, 0.5) is 13.9 Å². The van der Waals surface area contributed by atoms with E-state index < -0.39 is 11.9 Å². The Kier molecular flexibility index (Phi) is 4.64. The SMILES string of the molecule is O=C(Nc1nc2ccc(SC(F)F)cc2s1)C1COc2ccccc2O1. The molecule has 1 amide bonds. The first-order chi connectivity index (χ1) is 12.6. The Balaban J connectivity index is 1.47. The molecule has 134 valence electrons. The van der Waals surface area contributed by atoms with Crippen LogP contribution in [0, 0.1) is 0 Å². The first-order valence-electron chi connectivity index (χ1n) is 7.63. The number of para-hydroxylation sites is 2. The first-order valence-corrected chi connectivity index (χ1v) is 9.33. The highest BCUT2D eigenvalue weighted by atomic mass is 32.2. The monoisotopic (exact) mass is 394 g/mol. The number of aromatic nitrogens is 1. The molecule has 1 unspecified atom stereocenters. The molecule has 0 radical (unpaired) electrons. The molecule has 1 N–H and O–H groups in total. The number of halogens is 2. The minimum absolute atomic E-state index is 0.100. The number of amides is 1. The summed E-state index contributed by atoms with van der Waals surface area (Å²) in [5, 5.41) is 3.08. The van der Waals surface area contributed by atoms with Gasteiger partial charge in [0, 0.05) is 4.90 Å². The van der Waals surface area contributed by atoms with Crippen molar-refractivity contribution >= 4 is 44.4 Å². The Morgan fingerprint density at radius 2 is 2.08 bits per heavy atom. The number of nitrogens with one attached hydrogen (secondary N) is 1. The summed E-state index contributed by atoms with van der Waals surface area (Å²) in [5.41, 5.74) is 0.634. The van der Waals surface area contributed by atoms with Gasteiger partial charge in [0.05, 0.1) is 10.2 Å². The fourth-order valence-corrected chi connectivity index (χ4v) is 3.99. The molecule has 1 atom stereocenters. The van der Waals surface area contributed by atoms with Gasteiger partial charge in [0.15, 0.2) is 16.6 Å². The molecule has 0 aliphatic carbocycles. The van der Waals surface area contributed by atoms with E-state index >= 15 is 0 Å². The summed E-state index contributed by atoms with van der Waals surface area (Å²) in [6, 6.07) is 12.0. The number of carbonyl (C=O) groups excluding carboxylic acids is 1. The number of hydrogen-bond acceptors (Lipinski definition) is 6. The van der Waals surface area contributed by atoms with E-state index in [1.54, 1.807) is 36.4 Å². The van der Waals surface area contributed by atoms with Gasteiger partial charge in [-0.1, -0.05) is 35.2 Å². The van der Waals surface area contributed by atoms with E-state index in [1.807, 2.05) is 6.07 Å². The van der Waals surface area contributed by atoms with E-state index in [2.05, 4.69) is 10.3 Å². The van der Waals surface area contributed by atoms with Crippen LogP contribution in [0.5, 0.6) is 11.5 Å². The van der Waals surface area contributed by atoms with Gasteiger partial charge in [0.2, 0.25) is 6.10 Å². The molecule has 0 saturated heterocycles. The third-order valence-corrected chi connectivity index (χ3v) is 5.25. The van der Waals surface area contributed by atoms with E-state index in [4.69, 9.17) is 9.47 Å². The molecule has 5 nitrogen and oxygen atoms in total. The van der Waals surface area contributed by atoms with Crippen LogP contribution in [-0.4, -0.2) is 29.4 Å². The van der Waals surface area contributed by atoms with Crippen molar-refractivity contribution in [2.75, 3.05) is 11.9 Å². The molecule has 2 heterocycles. The van der Waals surface area contributed by atoms with Gasteiger partial charge in [-0.25, -0.2) is 4.98 Å². The number of alkyl halides is 2. The number of thioether (sulfide) groups is 1. The molecule has 0 saturated carbocycles. The molecular formula is C17H12F2N2O3S2. The average molecular weight is 394 g/mol. The van der Waals surface area contributed by atoms with Gasteiger partial charge in [-0.05, 0) is 30.3 Å². The third-order valence-electron chi connectivity index (χ3n) is 3.62. The second kappa shape index (κ2) is 7.08. The second-order valence-electron chi connectivity index (χ2n) is 5.38. The van der Waals surface area contributed by atoms with Crippen LogP contribution in [-0.2, 0) is 4.79 Å². The van der Waals surface area contributed by atoms with Gasteiger partial charge in [-0.15, -0.1) is 0 Å². The fourth-order valence-electron chi connectivity index (χ4n) is 2.47. The van der Waals surface area contributed by atoms with Crippen molar-refractivity contribution in [1.29, 1.82) is 0 Å². The summed E-state index contributed by atoms with van der Waals surface area (Å²) < 4.78 is 36.9. The molecule has 2 aromatic carbocycles. The number of nitrogens with zero attached hydrogens (tertiary/aromatic N) is 1. The smallest absolute Gasteiger partial charge is 0.288 e. The number of rotatable bonds is 4. The van der Waals surface area contributed by atoms with Crippen molar-refractivity contribution in [2.45, 2.75) is 16.8 Å². The lowest BCUT2D eigenvalue weighted by Crippen LogP contribution is -2.40. The van der Waals surface area contributed by atoms with Crippen LogP contribution in [0.15, 0.2) is 47.4 Å². The zero-order chi connectivity index (χ0) is 18.1. The topological polar surface area (TPSA) is 60.5 Å². The van der Waals surface area contributed by atoms with Crippen molar-refractivity contribution in [3.05, 3.63) is 42.5 Å². The summed E-state index contributed by atoms with van der Waals surface area (Å²) in [4.78, 5) is 17.2. The Morgan fingerprint density at radius 3 is 2.88 bits per heavy atom. The molecule has 1 aromatic heterocycles. The summed E-state index contributed by atoms with van der Waals surface area (Å²) in [5.74, 6) is -1.75. The molecule has 0 bridgehead atoms. The van der Waals surface area contributed by atoms with E-state index in [1.165, 1.54) is 11.3 Å². The highest BCUT2D eigenvalue weighted by Crippen LogP contribution is 2.33. The van der Waals surface area contributed by atoms with Gasteiger partial charge in [-0.2, -0.15) is 8.78 Å². The maximum absolute atomic E-state index is 12.5.